The highest BCUT2D eigenvalue weighted by atomic mass is 35.5. The molecule has 1 heterocycles. The maximum absolute atomic E-state index is 13.6. The van der Waals surface area contributed by atoms with Crippen molar-refractivity contribution in [2.75, 3.05) is 26.2 Å². The van der Waals surface area contributed by atoms with Gasteiger partial charge in [-0.05, 0) is 28.8 Å². The van der Waals surface area contributed by atoms with Gasteiger partial charge in [0.25, 0.3) is 0 Å². The maximum atomic E-state index is 13.6. The summed E-state index contributed by atoms with van der Waals surface area (Å²) in [5.74, 6) is 0. The predicted octanol–water partition coefficient (Wildman–Crippen LogP) is 5.30. The van der Waals surface area contributed by atoms with Gasteiger partial charge in [0.15, 0.2) is 0 Å². The fraction of sp³-hybridized carbons (Fsp3) is 0.368. The molecule has 154 valence electrons. The Morgan fingerprint density at radius 3 is 1.64 bits per heavy atom. The van der Waals surface area contributed by atoms with Gasteiger partial charge in [-0.2, -0.15) is 26.3 Å². The fourth-order valence-electron chi connectivity index (χ4n) is 3.26. The number of piperazine rings is 1. The van der Waals surface area contributed by atoms with E-state index in [2.05, 4.69) is 5.32 Å². The molecule has 0 bridgehead atoms. The minimum atomic E-state index is -4.42. The van der Waals surface area contributed by atoms with Gasteiger partial charge in [-0.1, -0.05) is 36.4 Å². The van der Waals surface area contributed by atoms with E-state index >= 15 is 0 Å². The lowest BCUT2D eigenvalue weighted by molar-refractivity contribution is -0.187. The summed E-state index contributed by atoms with van der Waals surface area (Å²) < 4.78 is 78.7. The molecule has 1 fully saturated rings. The zero-order valence-corrected chi connectivity index (χ0v) is 15.5. The summed E-state index contributed by atoms with van der Waals surface area (Å²) in [5.41, 5.74) is 0.438. The van der Waals surface area contributed by atoms with Crippen molar-refractivity contribution in [3.63, 3.8) is 0 Å². The number of benzene rings is 2. The van der Waals surface area contributed by atoms with Crippen LogP contribution in [0.3, 0.4) is 0 Å². The molecule has 9 heteroatoms. The Morgan fingerprint density at radius 2 is 1.21 bits per heavy atom. The van der Waals surface area contributed by atoms with E-state index < -0.39 is 24.0 Å². The summed E-state index contributed by atoms with van der Waals surface area (Å²) in [5, 5.41) is 3.03. The average Bonchev–Trinajstić information content (AvgIpc) is 2.62. The second-order valence-electron chi connectivity index (χ2n) is 6.43. The fourth-order valence-corrected chi connectivity index (χ4v) is 3.26. The predicted molar refractivity (Wildman–Crippen MR) is 97.4 cm³/mol. The molecule has 2 nitrogen and oxygen atoms in total. The van der Waals surface area contributed by atoms with Crippen molar-refractivity contribution in [1.82, 2.24) is 10.2 Å². The van der Waals surface area contributed by atoms with Gasteiger partial charge < -0.3 is 5.32 Å². The lowest BCUT2D eigenvalue weighted by atomic mass is 9.98. The van der Waals surface area contributed by atoms with Crippen LogP contribution in [0.1, 0.15) is 17.2 Å². The van der Waals surface area contributed by atoms with Crippen LogP contribution in [0.5, 0.6) is 0 Å². The minimum Gasteiger partial charge on any atom is -0.314 e. The molecule has 2 aromatic rings. The van der Waals surface area contributed by atoms with E-state index in [1.807, 2.05) is 0 Å². The molecule has 1 N–H and O–H groups in total. The Morgan fingerprint density at radius 1 is 0.750 bits per heavy atom. The van der Waals surface area contributed by atoms with E-state index in [0.717, 1.165) is 12.1 Å². The van der Waals surface area contributed by atoms with Gasteiger partial charge in [0.2, 0.25) is 0 Å². The largest absolute Gasteiger partial charge is 0.416 e. The van der Waals surface area contributed by atoms with E-state index in [-0.39, 0.29) is 18.0 Å². The van der Waals surface area contributed by atoms with E-state index in [1.54, 1.807) is 0 Å². The van der Waals surface area contributed by atoms with Crippen molar-refractivity contribution >= 4 is 12.4 Å². The molecule has 1 saturated heterocycles. The number of hydrogen-bond donors (Lipinski definition) is 1. The summed E-state index contributed by atoms with van der Waals surface area (Å²) >= 11 is 0. The van der Waals surface area contributed by atoms with Crippen LogP contribution in [-0.4, -0.2) is 37.3 Å². The molecule has 0 saturated carbocycles. The molecule has 3 rings (SSSR count). The summed E-state index contributed by atoms with van der Waals surface area (Å²) in [6.07, 6.45) is -8.83. The Labute approximate surface area is 164 Å². The smallest absolute Gasteiger partial charge is 0.314 e. The third-order valence-corrected chi connectivity index (χ3v) is 4.60. The van der Waals surface area contributed by atoms with Crippen LogP contribution in [0.15, 0.2) is 48.5 Å². The van der Waals surface area contributed by atoms with Crippen molar-refractivity contribution < 1.29 is 26.3 Å². The number of alkyl halides is 6. The lowest BCUT2D eigenvalue weighted by Crippen LogP contribution is -2.49. The van der Waals surface area contributed by atoms with Gasteiger partial charge in [-0.15, -0.1) is 12.4 Å². The SMILES string of the molecule is Cl.FC(F)(F)c1ccc(-c2ccc([C@@H](N3CCNCC3)C(F)(F)F)cc2)cc1. The minimum absolute atomic E-state index is 0. The maximum Gasteiger partial charge on any atom is 0.416 e. The van der Waals surface area contributed by atoms with Crippen LogP contribution < -0.4 is 5.32 Å². The quantitative estimate of drug-likeness (QED) is 0.672. The molecule has 0 unspecified atom stereocenters. The lowest BCUT2D eigenvalue weighted by Gasteiger charge is -2.36. The van der Waals surface area contributed by atoms with Crippen molar-refractivity contribution in [2.45, 2.75) is 18.4 Å². The molecule has 0 spiro atoms. The van der Waals surface area contributed by atoms with Crippen molar-refractivity contribution in [3.05, 3.63) is 59.7 Å². The van der Waals surface area contributed by atoms with Crippen LogP contribution in [-0.2, 0) is 6.18 Å². The molecular formula is C19H19ClF6N2. The third kappa shape index (κ3) is 5.18. The number of hydrogen-bond acceptors (Lipinski definition) is 2. The molecule has 0 radical (unpaired) electrons. The first-order valence-electron chi connectivity index (χ1n) is 8.45. The highest BCUT2D eigenvalue weighted by molar-refractivity contribution is 5.85. The molecule has 1 aliphatic rings. The number of halogens is 7. The first kappa shape index (κ1) is 22.5. The van der Waals surface area contributed by atoms with E-state index in [1.165, 1.54) is 41.3 Å². The second kappa shape index (κ2) is 8.71. The zero-order valence-electron chi connectivity index (χ0n) is 14.6. The van der Waals surface area contributed by atoms with Crippen molar-refractivity contribution in [2.24, 2.45) is 0 Å². The molecule has 1 atom stereocenters. The monoisotopic (exact) mass is 424 g/mol. The van der Waals surface area contributed by atoms with Crippen molar-refractivity contribution in [1.29, 1.82) is 0 Å². The van der Waals surface area contributed by atoms with Gasteiger partial charge in [0.1, 0.15) is 6.04 Å². The van der Waals surface area contributed by atoms with Gasteiger partial charge in [-0.25, -0.2) is 0 Å². The van der Waals surface area contributed by atoms with Gasteiger partial charge in [-0.3, -0.25) is 4.90 Å². The van der Waals surface area contributed by atoms with Crippen LogP contribution in [0, 0.1) is 0 Å². The summed E-state index contributed by atoms with van der Waals surface area (Å²) in [6.45, 7) is 1.59. The van der Waals surface area contributed by atoms with Gasteiger partial charge in [0, 0.05) is 26.2 Å². The molecule has 28 heavy (non-hydrogen) atoms. The van der Waals surface area contributed by atoms with Crippen LogP contribution in [0.2, 0.25) is 0 Å². The Hall–Kier alpha value is -1.77. The topological polar surface area (TPSA) is 15.3 Å². The molecule has 2 aromatic carbocycles. The van der Waals surface area contributed by atoms with Crippen LogP contribution >= 0.6 is 12.4 Å². The molecule has 1 aliphatic heterocycles. The molecule has 0 amide bonds. The van der Waals surface area contributed by atoms with Crippen LogP contribution in [0.4, 0.5) is 26.3 Å². The standard InChI is InChI=1S/C19H18F6N2.ClH/c20-18(21,22)16-7-5-14(6-8-16)13-1-3-15(4-2-13)17(19(23,24)25)27-11-9-26-10-12-27;/h1-8,17,26H,9-12H2;1H/t17-;/m1./s1. The summed E-state index contributed by atoms with van der Waals surface area (Å²) in [4.78, 5) is 1.39. The van der Waals surface area contributed by atoms with Gasteiger partial charge in [0.05, 0.1) is 5.56 Å². The number of rotatable bonds is 3. The number of nitrogens with one attached hydrogen (secondary N) is 1. The average molecular weight is 425 g/mol. The Balaban J connectivity index is 0.00000280. The molecular weight excluding hydrogens is 406 g/mol. The van der Waals surface area contributed by atoms with E-state index in [9.17, 15) is 26.3 Å². The number of nitrogens with zero attached hydrogens (tertiary/aromatic N) is 1. The summed E-state index contributed by atoms with van der Waals surface area (Å²) in [6, 6.07) is 8.68. The summed E-state index contributed by atoms with van der Waals surface area (Å²) in [7, 11) is 0. The van der Waals surface area contributed by atoms with Crippen molar-refractivity contribution in [3.8, 4) is 11.1 Å². The second-order valence-corrected chi connectivity index (χ2v) is 6.43. The Bertz CT molecular complexity index is 750. The first-order chi connectivity index (χ1) is 12.7. The normalized spacial score (nSPS) is 17.1. The molecule has 0 aromatic heterocycles. The third-order valence-electron chi connectivity index (χ3n) is 4.60. The Kier molecular flexibility index (Phi) is 7.01. The molecule has 0 aliphatic carbocycles. The highest BCUT2D eigenvalue weighted by Gasteiger charge is 2.44. The van der Waals surface area contributed by atoms with Crippen LogP contribution in [0.25, 0.3) is 11.1 Å². The highest BCUT2D eigenvalue weighted by Crippen LogP contribution is 2.38. The zero-order chi connectivity index (χ0) is 19.7. The van der Waals surface area contributed by atoms with E-state index in [0.29, 0.717) is 37.3 Å². The van der Waals surface area contributed by atoms with E-state index in [4.69, 9.17) is 0 Å². The van der Waals surface area contributed by atoms with Gasteiger partial charge >= 0.3 is 12.4 Å². The first-order valence-corrected chi connectivity index (χ1v) is 8.45.